The zero-order chi connectivity index (χ0) is 15.1. The number of nitrogens with one attached hydrogen (secondary N) is 1. The molecule has 2 rings (SSSR count). The topological polar surface area (TPSA) is 64.3 Å². The van der Waals surface area contributed by atoms with Crippen molar-refractivity contribution in [1.29, 1.82) is 0 Å². The van der Waals surface area contributed by atoms with E-state index in [0.29, 0.717) is 23.5 Å². The third-order valence-electron chi connectivity index (χ3n) is 2.89. The maximum absolute atomic E-state index is 12.1. The van der Waals surface area contributed by atoms with E-state index in [0.717, 1.165) is 5.75 Å². The summed E-state index contributed by atoms with van der Waals surface area (Å²) in [6, 6.07) is 15.2. The molecule has 21 heavy (non-hydrogen) atoms. The fourth-order valence-corrected chi connectivity index (χ4v) is 2.70. The number of benzene rings is 2. The highest BCUT2D eigenvalue weighted by molar-refractivity contribution is 7.99. The normalized spacial score (nSPS) is 10.1. The van der Waals surface area contributed by atoms with Gasteiger partial charge < -0.3 is 15.8 Å². The summed E-state index contributed by atoms with van der Waals surface area (Å²) < 4.78 is 5.18. The third-order valence-corrected chi connectivity index (χ3v) is 3.91. The standard InChI is InChI=1S/C16H18N2O2S/c1-20-15-13(8-5-9-14(15)17)16(19)18-10-11-21-12-6-3-2-4-7-12/h2-9H,10-11,17H2,1H3,(H,18,19). The fraction of sp³-hybridized carbons (Fsp3) is 0.188. The molecule has 4 nitrogen and oxygen atoms in total. The first-order valence-corrected chi connectivity index (χ1v) is 7.59. The number of ether oxygens (including phenoxy) is 1. The number of hydrogen-bond acceptors (Lipinski definition) is 4. The molecule has 5 heteroatoms. The molecular weight excluding hydrogens is 284 g/mol. The minimum absolute atomic E-state index is 0.173. The predicted molar refractivity (Wildman–Crippen MR) is 86.9 cm³/mol. The van der Waals surface area contributed by atoms with Crippen LogP contribution in [0, 0.1) is 0 Å². The van der Waals surface area contributed by atoms with Crippen molar-refractivity contribution in [2.45, 2.75) is 4.90 Å². The molecule has 1 amide bonds. The predicted octanol–water partition coefficient (Wildman–Crippen LogP) is 2.80. The molecule has 0 radical (unpaired) electrons. The summed E-state index contributed by atoms with van der Waals surface area (Å²) in [4.78, 5) is 13.3. The summed E-state index contributed by atoms with van der Waals surface area (Å²) in [6.07, 6.45) is 0. The van der Waals surface area contributed by atoms with Gasteiger partial charge in [-0.25, -0.2) is 0 Å². The quantitative estimate of drug-likeness (QED) is 0.489. The van der Waals surface area contributed by atoms with E-state index >= 15 is 0 Å². The van der Waals surface area contributed by atoms with Crippen LogP contribution >= 0.6 is 11.8 Å². The summed E-state index contributed by atoms with van der Waals surface area (Å²) in [5, 5.41) is 2.88. The summed E-state index contributed by atoms with van der Waals surface area (Å²) in [6.45, 7) is 0.580. The average Bonchev–Trinajstić information content (AvgIpc) is 2.52. The zero-order valence-corrected chi connectivity index (χ0v) is 12.7. The van der Waals surface area contributed by atoms with E-state index in [2.05, 4.69) is 5.32 Å². The van der Waals surface area contributed by atoms with Crippen LogP contribution in [0.5, 0.6) is 5.75 Å². The average molecular weight is 302 g/mol. The van der Waals surface area contributed by atoms with Gasteiger partial charge in [0.1, 0.15) is 0 Å². The lowest BCUT2D eigenvalue weighted by Crippen LogP contribution is -2.26. The van der Waals surface area contributed by atoms with Gasteiger partial charge in [0.25, 0.3) is 5.91 Å². The molecule has 0 spiro atoms. The second-order valence-corrected chi connectivity index (χ2v) is 5.51. The summed E-state index contributed by atoms with van der Waals surface area (Å²) >= 11 is 1.70. The van der Waals surface area contributed by atoms with Crippen LogP contribution < -0.4 is 15.8 Å². The number of carbonyl (C=O) groups excluding carboxylic acids is 1. The Bertz CT molecular complexity index is 602. The lowest BCUT2D eigenvalue weighted by molar-refractivity contribution is 0.0953. The number of anilines is 1. The lowest BCUT2D eigenvalue weighted by atomic mass is 10.1. The fourth-order valence-electron chi connectivity index (χ4n) is 1.91. The van der Waals surface area contributed by atoms with Crippen molar-refractivity contribution in [3.8, 4) is 5.75 Å². The van der Waals surface area contributed by atoms with Crippen LogP contribution in [-0.2, 0) is 0 Å². The lowest BCUT2D eigenvalue weighted by Gasteiger charge is -2.11. The van der Waals surface area contributed by atoms with Crippen LogP contribution in [0.4, 0.5) is 5.69 Å². The van der Waals surface area contributed by atoms with E-state index in [4.69, 9.17) is 10.5 Å². The van der Waals surface area contributed by atoms with Gasteiger partial charge in [-0.2, -0.15) is 0 Å². The number of para-hydroxylation sites is 1. The third kappa shape index (κ3) is 4.16. The minimum Gasteiger partial charge on any atom is -0.494 e. The first-order chi connectivity index (χ1) is 10.2. The van der Waals surface area contributed by atoms with E-state index in [1.54, 1.807) is 30.0 Å². The molecular formula is C16H18N2O2S. The number of thioether (sulfide) groups is 1. The van der Waals surface area contributed by atoms with Crippen LogP contribution in [0.15, 0.2) is 53.4 Å². The maximum Gasteiger partial charge on any atom is 0.255 e. The minimum atomic E-state index is -0.173. The second kappa shape index (κ2) is 7.59. The number of nitrogens with two attached hydrogens (primary N) is 1. The van der Waals surface area contributed by atoms with Gasteiger partial charge in [0, 0.05) is 17.2 Å². The van der Waals surface area contributed by atoms with E-state index in [9.17, 15) is 4.79 Å². The smallest absolute Gasteiger partial charge is 0.255 e. The second-order valence-electron chi connectivity index (χ2n) is 4.35. The van der Waals surface area contributed by atoms with Crippen molar-refractivity contribution in [2.24, 2.45) is 0 Å². The first kappa shape index (κ1) is 15.3. The number of hydrogen-bond donors (Lipinski definition) is 2. The zero-order valence-electron chi connectivity index (χ0n) is 11.8. The molecule has 0 saturated carbocycles. The van der Waals surface area contributed by atoms with Gasteiger partial charge in [-0.15, -0.1) is 11.8 Å². The number of nitrogen functional groups attached to an aromatic ring is 1. The molecule has 0 bridgehead atoms. The number of carbonyl (C=O) groups is 1. The molecule has 0 aromatic heterocycles. The first-order valence-electron chi connectivity index (χ1n) is 6.61. The Labute approximate surface area is 128 Å². The van der Waals surface area contributed by atoms with Crippen molar-refractivity contribution in [1.82, 2.24) is 5.32 Å². The van der Waals surface area contributed by atoms with Crippen LogP contribution in [0.1, 0.15) is 10.4 Å². The van der Waals surface area contributed by atoms with E-state index in [1.165, 1.54) is 12.0 Å². The molecule has 3 N–H and O–H groups in total. The highest BCUT2D eigenvalue weighted by atomic mass is 32.2. The Kier molecular flexibility index (Phi) is 5.51. The van der Waals surface area contributed by atoms with Gasteiger partial charge in [0.15, 0.2) is 5.75 Å². The van der Waals surface area contributed by atoms with Gasteiger partial charge in [0.2, 0.25) is 0 Å². The van der Waals surface area contributed by atoms with Crippen LogP contribution in [0.3, 0.4) is 0 Å². The van der Waals surface area contributed by atoms with E-state index in [1.807, 2.05) is 30.3 Å². The molecule has 0 unspecified atom stereocenters. The Balaban J connectivity index is 1.86. The summed E-state index contributed by atoms with van der Waals surface area (Å²) in [5.41, 5.74) is 6.71. The summed E-state index contributed by atoms with van der Waals surface area (Å²) in [5.74, 6) is 1.05. The van der Waals surface area contributed by atoms with Crippen LogP contribution in [-0.4, -0.2) is 25.3 Å². The molecule has 110 valence electrons. The molecule has 2 aromatic rings. The number of methoxy groups -OCH3 is 1. The van der Waals surface area contributed by atoms with Crippen molar-refractivity contribution in [3.63, 3.8) is 0 Å². The molecule has 0 aliphatic rings. The van der Waals surface area contributed by atoms with Gasteiger partial charge in [-0.05, 0) is 24.3 Å². The van der Waals surface area contributed by atoms with Gasteiger partial charge in [0.05, 0.1) is 18.4 Å². The molecule has 0 aliphatic carbocycles. The monoisotopic (exact) mass is 302 g/mol. The van der Waals surface area contributed by atoms with Crippen LogP contribution in [0.25, 0.3) is 0 Å². The van der Waals surface area contributed by atoms with Gasteiger partial charge in [-0.1, -0.05) is 24.3 Å². The Morgan fingerprint density at radius 3 is 2.67 bits per heavy atom. The van der Waals surface area contributed by atoms with Gasteiger partial charge in [-0.3, -0.25) is 4.79 Å². The molecule has 0 fully saturated rings. The largest absolute Gasteiger partial charge is 0.494 e. The SMILES string of the molecule is COc1c(N)cccc1C(=O)NCCSc1ccccc1. The maximum atomic E-state index is 12.1. The van der Waals surface area contributed by atoms with Crippen molar-refractivity contribution in [3.05, 3.63) is 54.1 Å². The molecule has 0 saturated heterocycles. The van der Waals surface area contributed by atoms with Crippen molar-refractivity contribution < 1.29 is 9.53 Å². The Morgan fingerprint density at radius 1 is 1.19 bits per heavy atom. The molecule has 0 aliphatic heterocycles. The highest BCUT2D eigenvalue weighted by Crippen LogP contribution is 2.25. The number of rotatable bonds is 6. The van der Waals surface area contributed by atoms with Crippen molar-refractivity contribution >= 4 is 23.4 Å². The molecule has 0 heterocycles. The number of amides is 1. The molecule has 0 atom stereocenters. The summed E-state index contributed by atoms with van der Waals surface area (Å²) in [7, 11) is 1.51. The van der Waals surface area contributed by atoms with Crippen LogP contribution in [0.2, 0.25) is 0 Å². The van der Waals surface area contributed by atoms with Crippen molar-refractivity contribution in [2.75, 3.05) is 25.1 Å². The van der Waals surface area contributed by atoms with E-state index in [-0.39, 0.29) is 5.91 Å². The Morgan fingerprint density at radius 2 is 1.95 bits per heavy atom. The van der Waals surface area contributed by atoms with Gasteiger partial charge >= 0.3 is 0 Å². The van der Waals surface area contributed by atoms with E-state index < -0.39 is 0 Å². The highest BCUT2D eigenvalue weighted by Gasteiger charge is 2.13. The Hall–Kier alpha value is -2.14. The molecule has 2 aromatic carbocycles.